The second-order valence-corrected chi connectivity index (χ2v) is 5.26. The zero-order valence-electron chi connectivity index (χ0n) is 11.3. The molecule has 0 radical (unpaired) electrons. The minimum Gasteiger partial charge on any atom is -0.461 e. The van der Waals surface area contributed by atoms with E-state index in [-0.39, 0.29) is 6.04 Å². The smallest absolute Gasteiger partial charge is 0.134 e. The molecule has 0 spiro atoms. The Kier molecular flexibility index (Phi) is 3.51. The fourth-order valence-corrected chi connectivity index (χ4v) is 2.79. The van der Waals surface area contributed by atoms with Gasteiger partial charge in [-0.3, -0.25) is 0 Å². The summed E-state index contributed by atoms with van der Waals surface area (Å²) in [5.41, 5.74) is 9.40. The van der Waals surface area contributed by atoms with E-state index in [2.05, 4.69) is 13.0 Å². The summed E-state index contributed by atoms with van der Waals surface area (Å²) < 4.78 is 5.91. The van der Waals surface area contributed by atoms with Crippen LogP contribution in [0.15, 0.2) is 52.9 Å². The molecule has 0 saturated carbocycles. The molecule has 1 unspecified atom stereocenters. The first-order valence-electron chi connectivity index (χ1n) is 6.72. The van der Waals surface area contributed by atoms with E-state index in [1.54, 1.807) is 0 Å². The average molecular weight is 286 g/mol. The molecule has 2 N–H and O–H groups in total. The highest BCUT2D eigenvalue weighted by Crippen LogP contribution is 2.33. The van der Waals surface area contributed by atoms with Gasteiger partial charge in [-0.1, -0.05) is 48.9 Å². The van der Waals surface area contributed by atoms with Crippen molar-refractivity contribution >= 4 is 22.6 Å². The molecule has 20 heavy (non-hydrogen) atoms. The second-order valence-electron chi connectivity index (χ2n) is 4.82. The predicted molar refractivity (Wildman–Crippen MR) is 83.1 cm³/mol. The Morgan fingerprint density at radius 3 is 2.70 bits per heavy atom. The Labute approximate surface area is 123 Å². The van der Waals surface area contributed by atoms with E-state index in [1.807, 2.05) is 42.5 Å². The molecule has 3 rings (SSSR count). The van der Waals surface area contributed by atoms with Gasteiger partial charge in [0.1, 0.15) is 11.3 Å². The monoisotopic (exact) mass is 285 g/mol. The number of hydrogen-bond acceptors (Lipinski definition) is 2. The molecule has 0 fully saturated rings. The molecule has 1 heterocycles. The van der Waals surface area contributed by atoms with E-state index >= 15 is 0 Å². The van der Waals surface area contributed by atoms with Crippen LogP contribution in [0.3, 0.4) is 0 Å². The Morgan fingerprint density at radius 1 is 1.15 bits per heavy atom. The molecule has 0 aliphatic rings. The summed E-state index contributed by atoms with van der Waals surface area (Å²) in [5, 5.41) is 1.78. The third-order valence-corrected chi connectivity index (χ3v) is 3.79. The number of fused-ring (bicyclic) bond motifs is 1. The minimum atomic E-state index is -0.229. The third-order valence-electron chi connectivity index (χ3n) is 3.55. The number of benzene rings is 2. The summed E-state index contributed by atoms with van der Waals surface area (Å²) in [6.07, 6.45) is 0.818. The Balaban J connectivity index is 2.17. The molecular formula is C17H16ClNO. The molecule has 0 bridgehead atoms. The normalized spacial score (nSPS) is 12.8. The number of para-hydroxylation sites is 1. The number of aryl methyl sites for hydroxylation is 1. The molecule has 102 valence electrons. The van der Waals surface area contributed by atoms with Crippen molar-refractivity contribution in [2.24, 2.45) is 5.73 Å². The Bertz CT molecular complexity index is 748. The first-order chi connectivity index (χ1) is 9.70. The van der Waals surface area contributed by atoms with Crippen LogP contribution in [0.5, 0.6) is 0 Å². The van der Waals surface area contributed by atoms with Crippen LogP contribution in [0.2, 0.25) is 5.02 Å². The van der Waals surface area contributed by atoms with Crippen molar-refractivity contribution in [1.82, 2.24) is 0 Å². The van der Waals surface area contributed by atoms with Crippen molar-refractivity contribution in [2.45, 2.75) is 19.4 Å². The number of halogens is 1. The molecular weight excluding hydrogens is 270 g/mol. The van der Waals surface area contributed by atoms with Gasteiger partial charge in [-0.15, -0.1) is 0 Å². The summed E-state index contributed by atoms with van der Waals surface area (Å²) in [4.78, 5) is 0. The summed E-state index contributed by atoms with van der Waals surface area (Å²) in [5.74, 6) is 0.943. The lowest BCUT2D eigenvalue weighted by Gasteiger charge is -2.13. The van der Waals surface area contributed by atoms with Crippen LogP contribution in [0.25, 0.3) is 11.0 Å². The number of rotatable bonds is 3. The number of hydrogen-bond donors (Lipinski definition) is 1. The van der Waals surface area contributed by atoms with Gasteiger partial charge in [-0.2, -0.15) is 0 Å². The summed E-state index contributed by atoms with van der Waals surface area (Å²) in [6.45, 7) is 2.08. The lowest BCUT2D eigenvalue weighted by molar-refractivity contribution is 0.546. The first-order valence-corrected chi connectivity index (χ1v) is 7.10. The quantitative estimate of drug-likeness (QED) is 0.758. The summed E-state index contributed by atoms with van der Waals surface area (Å²) in [6, 6.07) is 15.5. The first kappa shape index (κ1) is 13.2. The lowest BCUT2D eigenvalue weighted by atomic mass is 9.96. The predicted octanol–water partition coefficient (Wildman–Crippen LogP) is 4.70. The van der Waals surface area contributed by atoms with Gasteiger partial charge in [0, 0.05) is 22.4 Å². The molecule has 2 nitrogen and oxygen atoms in total. The highest BCUT2D eigenvalue weighted by atomic mass is 35.5. The molecule has 0 amide bonds. The van der Waals surface area contributed by atoms with Gasteiger partial charge in [0.2, 0.25) is 0 Å². The zero-order chi connectivity index (χ0) is 14.1. The third kappa shape index (κ3) is 2.21. The lowest BCUT2D eigenvalue weighted by Crippen LogP contribution is -2.13. The van der Waals surface area contributed by atoms with Crippen LogP contribution < -0.4 is 5.73 Å². The fourth-order valence-electron chi connectivity index (χ4n) is 2.59. The summed E-state index contributed by atoms with van der Waals surface area (Å²) >= 11 is 6.06. The standard InChI is InChI=1S/C17H16ClNO/c1-2-14-16(13-8-3-4-9-15(13)20-14)17(19)11-6-5-7-12(18)10-11/h3-10,17H,2,19H2,1H3. The largest absolute Gasteiger partial charge is 0.461 e. The van der Waals surface area contributed by atoms with Gasteiger partial charge < -0.3 is 10.2 Å². The van der Waals surface area contributed by atoms with E-state index in [0.717, 1.165) is 34.3 Å². The van der Waals surface area contributed by atoms with Gasteiger partial charge in [0.15, 0.2) is 0 Å². The highest BCUT2D eigenvalue weighted by molar-refractivity contribution is 6.30. The van der Waals surface area contributed by atoms with Crippen LogP contribution in [0.1, 0.15) is 29.9 Å². The van der Waals surface area contributed by atoms with Gasteiger partial charge in [0.05, 0.1) is 6.04 Å². The van der Waals surface area contributed by atoms with E-state index in [9.17, 15) is 0 Å². The van der Waals surface area contributed by atoms with E-state index in [1.165, 1.54) is 0 Å². The Hall–Kier alpha value is -1.77. The number of furan rings is 1. The van der Waals surface area contributed by atoms with Gasteiger partial charge >= 0.3 is 0 Å². The van der Waals surface area contributed by atoms with Crippen LogP contribution in [-0.2, 0) is 6.42 Å². The van der Waals surface area contributed by atoms with Crippen molar-refractivity contribution in [3.8, 4) is 0 Å². The maximum atomic E-state index is 6.45. The van der Waals surface area contributed by atoms with Gasteiger partial charge in [-0.05, 0) is 23.8 Å². The topological polar surface area (TPSA) is 39.2 Å². The van der Waals surface area contributed by atoms with Crippen LogP contribution in [0.4, 0.5) is 0 Å². The second kappa shape index (κ2) is 5.31. The molecule has 0 saturated heterocycles. The van der Waals surface area contributed by atoms with E-state index < -0.39 is 0 Å². The highest BCUT2D eigenvalue weighted by Gasteiger charge is 2.20. The van der Waals surface area contributed by atoms with Crippen molar-refractivity contribution in [2.75, 3.05) is 0 Å². The Morgan fingerprint density at radius 2 is 1.95 bits per heavy atom. The van der Waals surface area contributed by atoms with Crippen molar-refractivity contribution in [1.29, 1.82) is 0 Å². The van der Waals surface area contributed by atoms with Crippen molar-refractivity contribution < 1.29 is 4.42 Å². The van der Waals surface area contributed by atoms with Crippen LogP contribution in [-0.4, -0.2) is 0 Å². The van der Waals surface area contributed by atoms with Crippen LogP contribution in [0, 0.1) is 0 Å². The van der Waals surface area contributed by atoms with E-state index in [0.29, 0.717) is 5.02 Å². The zero-order valence-corrected chi connectivity index (χ0v) is 12.0. The molecule has 3 aromatic rings. The average Bonchev–Trinajstić information content (AvgIpc) is 2.85. The summed E-state index contributed by atoms with van der Waals surface area (Å²) in [7, 11) is 0. The fraction of sp³-hybridized carbons (Fsp3) is 0.176. The SMILES string of the molecule is CCc1oc2ccccc2c1C(N)c1cccc(Cl)c1. The molecule has 1 aromatic heterocycles. The van der Waals surface area contributed by atoms with Gasteiger partial charge in [-0.25, -0.2) is 0 Å². The maximum Gasteiger partial charge on any atom is 0.134 e. The molecule has 0 aliphatic heterocycles. The van der Waals surface area contributed by atoms with E-state index in [4.69, 9.17) is 21.8 Å². The number of nitrogens with two attached hydrogens (primary N) is 1. The molecule has 3 heteroatoms. The molecule has 1 atom stereocenters. The van der Waals surface area contributed by atoms with Crippen molar-refractivity contribution in [3.05, 3.63) is 70.4 Å². The van der Waals surface area contributed by atoms with Crippen molar-refractivity contribution in [3.63, 3.8) is 0 Å². The van der Waals surface area contributed by atoms with Gasteiger partial charge in [0.25, 0.3) is 0 Å². The van der Waals surface area contributed by atoms with Crippen LogP contribution >= 0.6 is 11.6 Å². The minimum absolute atomic E-state index is 0.229. The maximum absolute atomic E-state index is 6.45. The molecule has 0 aliphatic carbocycles. The molecule has 2 aromatic carbocycles.